The van der Waals surface area contributed by atoms with E-state index in [1.165, 1.54) is 12.1 Å². The molecule has 1 aliphatic rings. The molecule has 2 rings (SSSR count). The summed E-state index contributed by atoms with van der Waals surface area (Å²) >= 11 is 0. The van der Waals surface area contributed by atoms with Gasteiger partial charge in [-0.05, 0) is 24.1 Å². The summed E-state index contributed by atoms with van der Waals surface area (Å²) in [6, 6.07) is 3.91. The molecule has 0 N–H and O–H groups in total. The number of rotatable bonds is 1. The predicted molar refractivity (Wildman–Crippen MR) is 50.3 cm³/mol. The Morgan fingerprint density at radius 3 is 2.69 bits per heavy atom. The summed E-state index contributed by atoms with van der Waals surface area (Å²) in [6.45, 7) is 1.76. The minimum atomic E-state index is -4.72. The van der Waals surface area contributed by atoms with Crippen LogP contribution in [0, 0.1) is 5.92 Å². The van der Waals surface area contributed by atoms with Crippen molar-refractivity contribution in [1.82, 2.24) is 0 Å². The average Bonchev–Trinajstić information content (AvgIpc) is 2.42. The van der Waals surface area contributed by atoms with Crippen LogP contribution in [-0.2, 0) is 6.42 Å². The molecule has 0 aromatic heterocycles. The lowest BCUT2D eigenvalue weighted by molar-refractivity contribution is -0.274. The zero-order valence-corrected chi connectivity index (χ0v) is 8.47. The lowest BCUT2D eigenvalue weighted by atomic mass is 10.1. The molecule has 16 heavy (non-hydrogen) atoms. The van der Waals surface area contributed by atoms with Crippen LogP contribution in [0.15, 0.2) is 18.2 Å². The molecule has 1 aromatic rings. The van der Waals surface area contributed by atoms with Gasteiger partial charge in [-0.2, -0.15) is 0 Å². The quantitative estimate of drug-likeness (QED) is 0.741. The third-order valence-corrected chi connectivity index (χ3v) is 2.55. The fourth-order valence-electron chi connectivity index (χ4n) is 1.85. The van der Waals surface area contributed by atoms with Crippen LogP contribution >= 0.6 is 0 Å². The van der Waals surface area contributed by atoms with E-state index in [1.54, 1.807) is 6.92 Å². The van der Waals surface area contributed by atoms with Crippen LogP contribution in [-0.4, -0.2) is 12.1 Å². The number of benzene rings is 1. The van der Waals surface area contributed by atoms with E-state index in [-0.39, 0.29) is 17.5 Å². The van der Waals surface area contributed by atoms with Crippen molar-refractivity contribution in [1.29, 1.82) is 0 Å². The summed E-state index contributed by atoms with van der Waals surface area (Å²) in [4.78, 5) is 11.6. The molecular weight excluding hydrogens is 221 g/mol. The van der Waals surface area contributed by atoms with Gasteiger partial charge >= 0.3 is 6.36 Å². The van der Waals surface area contributed by atoms with Crippen molar-refractivity contribution in [2.45, 2.75) is 19.7 Å². The largest absolute Gasteiger partial charge is 0.573 e. The predicted octanol–water partition coefficient (Wildman–Crippen LogP) is 2.96. The molecule has 0 bridgehead atoms. The van der Waals surface area contributed by atoms with Gasteiger partial charge in [0.05, 0.1) is 0 Å². The van der Waals surface area contributed by atoms with Crippen LogP contribution < -0.4 is 4.74 Å². The maximum absolute atomic E-state index is 12.0. The average molecular weight is 230 g/mol. The van der Waals surface area contributed by atoms with Crippen LogP contribution in [0.3, 0.4) is 0 Å². The minimum absolute atomic E-state index is 0.123. The third-order valence-electron chi connectivity index (χ3n) is 2.55. The number of Topliss-reactive ketones (excluding diaryl/α,β-unsaturated/α-hetero) is 1. The fourth-order valence-corrected chi connectivity index (χ4v) is 1.85. The first-order chi connectivity index (χ1) is 7.37. The van der Waals surface area contributed by atoms with Crippen LogP contribution in [0.1, 0.15) is 22.8 Å². The standard InChI is InChI=1S/C11H9F3O2/c1-6-4-7-2-3-8(16-11(12,13)14)5-9(7)10(6)15/h2-3,5-6H,4H2,1H3/t6-/m0/s1. The lowest BCUT2D eigenvalue weighted by Crippen LogP contribution is -2.17. The maximum atomic E-state index is 12.0. The van der Waals surface area contributed by atoms with Crippen molar-refractivity contribution < 1.29 is 22.7 Å². The highest BCUT2D eigenvalue weighted by Crippen LogP contribution is 2.31. The Kier molecular flexibility index (Phi) is 2.40. The van der Waals surface area contributed by atoms with E-state index in [9.17, 15) is 18.0 Å². The number of alkyl halides is 3. The van der Waals surface area contributed by atoms with E-state index in [0.717, 1.165) is 11.6 Å². The molecule has 0 fully saturated rings. The Bertz CT molecular complexity index is 437. The molecule has 1 aliphatic carbocycles. The number of hydrogen-bond donors (Lipinski definition) is 0. The monoisotopic (exact) mass is 230 g/mol. The highest BCUT2D eigenvalue weighted by Gasteiger charge is 2.33. The Morgan fingerprint density at radius 2 is 2.06 bits per heavy atom. The molecule has 0 spiro atoms. The number of fused-ring (bicyclic) bond motifs is 1. The smallest absolute Gasteiger partial charge is 0.406 e. The second-order valence-electron chi connectivity index (χ2n) is 3.84. The molecule has 0 saturated carbocycles. The molecule has 1 atom stereocenters. The molecule has 0 radical (unpaired) electrons. The number of hydrogen-bond acceptors (Lipinski definition) is 2. The van der Waals surface area contributed by atoms with Gasteiger partial charge in [0.15, 0.2) is 5.78 Å². The molecule has 0 amide bonds. The van der Waals surface area contributed by atoms with Gasteiger partial charge in [0.1, 0.15) is 5.75 Å². The van der Waals surface area contributed by atoms with Gasteiger partial charge < -0.3 is 4.74 Å². The minimum Gasteiger partial charge on any atom is -0.406 e. The van der Waals surface area contributed by atoms with Crippen molar-refractivity contribution in [3.8, 4) is 5.75 Å². The second-order valence-corrected chi connectivity index (χ2v) is 3.84. The molecule has 5 heteroatoms. The topological polar surface area (TPSA) is 26.3 Å². The summed E-state index contributed by atoms with van der Waals surface area (Å²) in [5, 5.41) is 0. The van der Waals surface area contributed by atoms with Gasteiger partial charge in [-0.1, -0.05) is 13.0 Å². The first kappa shape index (κ1) is 11.0. The van der Waals surface area contributed by atoms with E-state index in [1.807, 2.05) is 0 Å². The number of carbonyl (C=O) groups excluding carboxylic acids is 1. The van der Waals surface area contributed by atoms with Gasteiger partial charge in [0.25, 0.3) is 0 Å². The molecule has 0 saturated heterocycles. The van der Waals surface area contributed by atoms with Crippen LogP contribution in [0.4, 0.5) is 13.2 Å². The molecule has 2 nitrogen and oxygen atoms in total. The van der Waals surface area contributed by atoms with Crippen LogP contribution in [0.5, 0.6) is 5.75 Å². The van der Waals surface area contributed by atoms with E-state index >= 15 is 0 Å². The summed E-state index contributed by atoms with van der Waals surface area (Å²) in [7, 11) is 0. The molecule has 0 aliphatic heterocycles. The van der Waals surface area contributed by atoms with Crippen molar-refractivity contribution in [3.05, 3.63) is 29.3 Å². The second kappa shape index (κ2) is 3.50. The van der Waals surface area contributed by atoms with Gasteiger partial charge in [-0.15, -0.1) is 13.2 Å². The summed E-state index contributed by atoms with van der Waals surface area (Å²) in [6.07, 6.45) is -4.14. The number of halogens is 3. The van der Waals surface area contributed by atoms with Crippen LogP contribution in [0.2, 0.25) is 0 Å². The molecule has 0 unspecified atom stereocenters. The Morgan fingerprint density at radius 1 is 1.38 bits per heavy atom. The fraction of sp³-hybridized carbons (Fsp3) is 0.364. The molecule has 86 valence electrons. The van der Waals surface area contributed by atoms with Gasteiger partial charge in [0, 0.05) is 11.5 Å². The normalized spacial score (nSPS) is 19.8. The highest BCUT2D eigenvalue weighted by atomic mass is 19.4. The highest BCUT2D eigenvalue weighted by molar-refractivity contribution is 6.02. The van der Waals surface area contributed by atoms with Crippen molar-refractivity contribution in [3.63, 3.8) is 0 Å². The number of ether oxygens (including phenoxy) is 1. The third kappa shape index (κ3) is 2.03. The number of carbonyl (C=O) groups is 1. The summed E-state index contributed by atoms with van der Waals surface area (Å²) in [5.74, 6) is -0.618. The Labute approximate surface area is 90.0 Å². The van der Waals surface area contributed by atoms with Crippen LogP contribution in [0.25, 0.3) is 0 Å². The Hall–Kier alpha value is -1.52. The summed E-state index contributed by atoms with van der Waals surface area (Å²) in [5.41, 5.74) is 1.13. The van der Waals surface area contributed by atoms with Gasteiger partial charge in [-0.3, -0.25) is 4.79 Å². The maximum Gasteiger partial charge on any atom is 0.573 e. The van der Waals surface area contributed by atoms with Crippen molar-refractivity contribution in [2.75, 3.05) is 0 Å². The van der Waals surface area contributed by atoms with E-state index in [4.69, 9.17) is 0 Å². The molecule has 1 aromatic carbocycles. The summed E-state index contributed by atoms with van der Waals surface area (Å²) < 4.78 is 39.6. The van der Waals surface area contributed by atoms with Gasteiger partial charge in [0.2, 0.25) is 0 Å². The lowest BCUT2D eigenvalue weighted by Gasteiger charge is -2.09. The zero-order chi connectivity index (χ0) is 11.9. The van der Waals surface area contributed by atoms with Crippen molar-refractivity contribution in [2.24, 2.45) is 5.92 Å². The zero-order valence-electron chi connectivity index (χ0n) is 8.47. The van der Waals surface area contributed by atoms with E-state index in [2.05, 4.69) is 4.74 Å². The number of ketones is 1. The molecule has 0 heterocycles. The first-order valence-corrected chi connectivity index (χ1v) is 4.80. The van der Waals surface area contributed by atoms with E-state index in [0.29, 0.717) is 12.0 Å². The molecular formula is C11H9F3O2. The Balaban J connectivity index is 2.31. The SMILES string of the molecule is C[C@H]1Cc2ccc(OC(F)(F)F)cc2C1=O. The van der Waals surface area contributed by atoms with E-state index < -0.39 is 6.36 Å². The van der Waals surface area contributed by atoms with Crippen molar-refractivity contribution >= 4 is 5.78 Å². The first-order valence-electron chi connectivity index (χ1n) is 4.80. The van der Waals surface area contributed by atoms with Gasteiger partial charge in [-0.25, -0.2) is 0 Å².